The summed E-state index contributed by atoms with van der Waals surface area (Å²) in [6.45, 7) is 0.769. The van der Waals surface area contributed by atoms with E-state index in [0.717, 1.165) is 4.80 Å². The SMILES string of the molecule is CN=S1(=O)CCN(C(=O)Cn2cc(Nc3nn(-c4c(Cl)cccc4Cl)nc3C(N)=O)cn2)CC1. The van der Waals surface area contributed by atoms with E-state index in [0.29, 0.717) is 36.0 Å². The number of primary amides is 1. The van der Waals surface area contributed by atoms with Crippen molar-refractivity contribution in [1.82, 2.24) is 29.7 Å². The van der Waals surface area contributed by atoms with Crippen molar-refractivity contribution in [1.29, 1.82) is 0 Å². The molecular weight excluding hydrogens is 505 g/mol. The summed E-state index contributed by atoms with van der Waals surface area (Å²) in [7, 11) is -0.658. The number of nitrogens with two attached hydrogens (primary N) is 1. The van der Waals surface area contributed by atoms with Gasteiger partial charge in [0.2, 0.25) is 5.91 Å². The molecule has 34 heavy (non-hydrogen) atoms. The number of rotatable bonds is 6. The smallest absolute Gasteiger partial charge is 0.273 e. The van der Waals surface area contributed by atoms with Crippen LogP contribution in [-0.2, 0) is 21.1 Å². The molecule has 3 aromatic rings. The number of anilines is 2. The van der Waals surface area contributed by atoms with E-state index in [2.05, 4.69) is 25.0 Å². The van der Waals surface area contributed by atoms with E-state index in [4.69, 9.17) is 28.9 Å². The number of benzene rings is 1. The van der Waals surface area contributed by atoms with Crippen molar-refractivity contribution in [2.24, 2.45) is 10.1 Å². The number of halogens is 2. The molecule has 12 nitrogen and oxygen atoms in total. The molecule has 15 heteroatoms. The fourth-order valence-electron chi connectivity index (χ4n) is 3.38. The summed E-state index contributed by atoms with van der Waals surface area (Å²) in [6, 6.07) is 4.90. The minimum Gasteiger partial charge on any atom is -0.364 e. The van der Waals surface area contributed by atoms with Crippen LogP contribution in [0.1, 0.15) is 10.5 Å². The van der Waals surface area contributed by atoms with Crippen LogP contribution in [0.15, 0.2) is 35.0 Å². The van der Waals surface area contributed by atoms with E-state index >= 15 is 0 Å². The van der Waals surface area contributed by atoms with Crippen LogP contribution in [0.3, 0.4) is 0 Å². The van der Waals surface area contributed by atoms with Crippen LogP contribution >= 0.6 is 23.2 Å². The molecule has 1 aliphatic heterocycles. The van der Waals surface area contributed by atoms with Gasteiger partial charge in [0.25, 0.3) is 5.91 Å². The Balaban J connectivity index is 1.49. The zero-order chi connectivity index (χ0) is 24.5. The second kappa shape index (κ2) is 9.60. The Hall–Kier alpha value is -3.16. The van der Waals surface area contributed by atoms with Crippen LogP contribution in [0.4, 0.5) is 11.5 Å². The third-order valence-corrected chi connectivity index (χ3v) is 8.14. The maximum Gasteiger partial charge on any atom is 0.273 e. The minimum absolute atomic E-state index is 0.00324. The molecule has 0 unspecified atom stereocenters. The maximum atomic E-state index is 12.6. The number of carbonyl (C=O) groups excluding carboxylic acids is 2. The monoisotopic (exact) mass is 525 g/mol. The number of aromatic nitrogens is 5. The van der Waals surface area contributed by atoms with E-state index in [1.165, 1.54) is 10.9 Å². The van der Waals surface area contributed by atoms with Crippen molar-refractivity contribution in [2.75, 3.05) is 37.0 Å². The summed E-state index contributed by atoms with van der Waals surface area (Å²) in [4.78, 5) is 27.3. The third-order valence-electron chi connectivity index (χ3n) is 5.22. The lowest BCUT2D eigenvalue weighted by Crippen LogP contribution is -2.44. The summed E-state index contributed by atoms with van der Waals surface area (Å²) in [5, 5.41) is 16.1. The predicted octanol–water partition coefficient (Wildman–Crippen LogP) is 1.55. The summed E-state index contributed by atoms with van der Waals surface area (Å²) in [5.41, 5.74) is 6.09. The van der Waals surface area contributed by atoms with Gasteiger partial charge in [-0.2, -0.15) is 5.10 Å². The Kier molecular flexibility index (Phi) is 6.77. The van der Waals surface area contributed by atoms with Gasteiger partial charge >= 0.3 is 0 Å². The van der Waals surface area contributed by atoms with Crippen LogP contribution in [-0.4, -0.2) is 77.3 Å². The lowest BCUT2D eigenvalue weighted by molar-refractivity contribution is -0.131. The average molecular weight is 526 g/mol. The molecule has 0 aliphatic carbocycles. The van der Waals surface area contributed by atoms with Gasteiger partial charge in [0.15, 0.2) is 11.5 Å². The highest BCUT2D eigenvalue weighted by Crippen LogP contribution is 2.28. The molecule has 3 N–H and O–H groups in total. The lowest BCUT2D eigenvalue weighted by atomic mass is 10.3. The highest BCUT2D eigenvalue weighted by molar-refractivity contribution is 7.93. The van der Waals surface area contributed by atoms with Crippen molar-refractivity contribution in [3.05, 3.63) is 46.3 Å². The highest BCUT2D eigenvalue weighted by atomic mass is 35.5. The Morgan fingerprint density at radius 1 is 1.21 bits per heavy atom. The van der Waals surface area contributed by atoms with Gasteiger partial charge in [-0.15, -0.1) is 15.0 Å². The molecule has 1 saturated heterocycles. The van der Waals surface area contributed by atoms with Crippen LogP contribution in [0.2, 0.25) is 10.0 Å². The van der Waals surface area contributed by atoms with Crippen LogP contribution < -0.4 is 11.1 Å². The number of amides is 2. The summed E-state index contributed by atoms with van der Waals surface area (Å²) in [6.07, 6.45) is 3.05. The van der Waals surface area contributed by atoms with Gasteiger partial charge in [0, 0.05) is 47.6 Å². The molecule has 180 valence electrons. The summed E-state index contributed by atoms with van der Waals surface area (Å²) < 4.78 is 17.7. The van der Waals surface area contributed by atoms with Crippen molar-refractivity contribution in [2.45, 2.75) is 6.54 Å². The fourth-order valence-corrected chi connectivity index (χ4v) is 5.51. The molecule has 2 amide bonds. The molecule has 0 saturated carbocycles. The highest BCUT2D eigenvalue weighted by Gasteiger charge is 2.24. The zero-order valence-corrected chi connectivity index (χ0v) is 20.3. The average Bonchev–Trinajstić information content (AvgIpc) is 3.41. The second-order valence-electron chi connectivity index (χ2n) is 7.42. The Labute approximate surface area is 205 Å². The van der Waals surface area contributed by atoms with Gasteiger partial charge < -0.3 is 16.0 Å². The summed E-state index contributed by atoms with van der Waals surface area (Å²) in [5.74, 6) is -0.155. The van der Waals surface area contributed by atoms with Gasteiger partial charge in [0.05, 0.1) is 21.9 Å². The molecule has 4 rings (SSSR count). The van der Waals surface area contributed by atoms with E-state index in [-0.39, 0.29) is 34.0 Å². The number of hydrogen-bond donors (Lipinski definition) is 2. The number of carbonyl (C=O) groups is 2. The fraction of sp³-hybridized carbons (Fsp3) is 0.316. The normalized spacial score (nSPS) is 15.2. The second-order valence-corrected chi connectivity index (χ2v) is 11.0. The first kappa shape index (κ1) is 24.0. The Morgan fingerprint density at radius 3 is 2.50 bits per heavy atom. The van der Waals surface area contributed by atoms with Crippen molar-refractivity contribution in [3.8, 4) is 5.69 Å². The van der Waals surface area contributed by atoms with Crippen LogP contribution in [0.5, 0.6) is 0 Å². The third kappa shape index (κ3) is 5.00. The van der Waals surface area contributed by atoms with E-state index in [1.54, 1.807) is 36.3 Å². The minimum atomic E-state index is -2.20. The molecule has 3 heterocycles. The van der Waals surface area contributed by atoms with E-state index < -0.39 is 15.6 Å². The Morgan fingerprint density at radius 2 is 1.88 bits per heavy atom. The molecule has 0 atom stereocenters. The molecular formula is C19H21Cl2N9O3S. The maximum absolute atomic E-state index is 12.6. The number of para-hydroxylation sites is 1. The molecule has 2 aromatic heterocycles. The van der Waals surface area contributed by atoms with Gasteiger partial charge in [0.1, 0.15) is 12.2 Å². The molecule has 0 radical (unpaired) electrons. The first-order valence-electron chi connectivity index (χ1n) is 10.1. The molecule has 0 spiro atoms. The van der Waals surface area contributed by atoms with Gasteiger partial charge in [-0.3, -0.25) is 14.3 Å². The molecule has 1 aliphatic rings. The standard InChI is InChI=1S/C19H21Cl2N9O3S/c1-23-34(33)7-5-28(6-8-34)15(31)11-29-10-12(9-24-29)25-19-16(18(22)32)26-30(27-19)17-13(20)3-2-4-14(17)21/h2-4,9-10H,5-8,11H2,1H3,(H2,22,32)(H,25,27). The quantitative estimate of drug-likeness (QED) is 0.494. The topological polar surface area (TPSA) is 153 Å². The van der Waals surface area contributed by atoms with Gasteiger partial charge in [-0.05, 0) is 12.1 Å². The number of hydrogen-bond acceptors (Lipinski definition) is 8. The van der Waals surface area contributed by atoms with E-state index in [1.807, 2.05) is 0 Å². The molecule has 0 bridgehead atoms. The number of nitrogens with one attached hydrogen (secondary N) is 1. The van der Waals surface area contributed by atoms with Crippen LogP contribution in [0.25, 0.3) is 5.69 Å². The first-order valence-corrected chi connectivity index (χ1v) is 12.7. The zero-order valence-electron chi connectivity index (χ0n) is 18.0. The predicted molar refractivity (Wildman–Crippen MR) is 128 cm³/mol. The van der Waals surface area contributed by atoms with Crippen molar-refractivity contribution < 1.29 is 13.8 Å². The van der Waals surface area contributed by atoms with Crippen molar-refractivity contribution in [3.63, 3.8) is 0 Å². The lowest BCUT2D eigenvalue weighted by Gasteiger charge is -2.28. The van der Waals surface area contributed by atoms with E-state index in [9.17, 15) is 13.8 Å². The summed E-state index contributed by atoms with van der Waals surface area (Å²) >= 11 is 12.4. The molecule has 1 aromatic carbocycles. The van der Waals surface area contributed by atoms with Crippen molar-refractivity contribution >= 4 is 56.3 Å². The molecule has 1 fully saturated rings. The Bertz CT molecular complexity index is 1340. The van der Waals surface area contributed by atoms with Gasteiger partial charge in [-0.25, -0.2) is 8.57 Å². The largest absolute Gasteiger partial charge is 0.364 e. The number of nitrogens with zero attached hydrogens (tertiary/aromatic N) is 7. The first-order chi connectivity index (χ1) is 16.2. The van der Waals surface area contributed by atoms with Crippen LogP contribution in [0, 0.1) is 0 Å². The van der Waals surface area contributed by atoms with Gasteiger partial charge in [-0.1, -0.05) is 29.3 Å².